The van der Waals surface area contributed by atoms with Crippen LogP contribution >= 0.6 is 0 Å². The Balaban J connectivity index is 2.36. The van der Waals surface area contributed by atoms with Crippen LogP contribution in [0.15, 0.2) is 5.16 Å². The lowest BCUT2D eigenvalue weighted by Crippen LogP contribution is -2.01. The van der Waals surface area contributed by atoms with Crippen LogP contribution in [-0.2, 0) is 9.57 Å². The maximum absolute atomic E-state index is 8.49. The van der Waals surface area contributed by atoms with E-state index in [1.807, 2.05) is 0 Å². The number of aliphatic hydroxyl groups is 1. The van der Waals surface area contributed by atoms with Gasteiger partial charge in [-0.15, -0.1) is 0 Å². The van der Waals surface area contributed by atoms with Gasteiger partial charge >= 0.3 is 6.08 Å². The Morgan fingerprint density at radius 1 is 1.50 bits per heavy atom. The summed E-state index contributed by atoms with van der Waals surface area (Å²) in [5, 5.41) is 11.7. The van der Waals surface area contributed by atoms with Crippen molar-refractivity contribution in [1.29, 1.82) is 0 Å². The van der Waals surface area contributed by atoms with E-state index in [2.05, 4.69) is 14.7 Å². The summed E-state index contributed by atoms with van der Waals surface area (Å²) in [7, 11) is 0. The average Bonchev–Trinajstić information content (AvgIpc) is 1.94. The molecule has 1 heterocycles. The molecule has 0 atom stereocenters. The zero-order valence-electron chi connectivity index (χ0n) is 4.33. The number of ether oxygens (including phenoxy) is 1. The minimum atomic E-state index is -0.373. The molecule has 8 heavy (non-hydrogen) atoms. The topological polar surface area (TPSA) is 51.1 Å². The number of oxime groups is 1. The van der Waals surface area contributed by atoms with Crippen LogP contribution in [0.4, 0.5) is 0 Å². The van der Waals surface area contributed by atoms with E-state index in [-0.39, 0.29) is 6.08 Å². The normalized spacial score (nSPS) is 19.8. The molecule has 0 fully saturated rings. The largest absolute Gasteiger partial charge is 0.464 e. The summed E-state index contributed by atoms with van der Waals surface area (Å²) in [5.41, 5.74) is 0. The first-order valence-corrected chi connectivity index (χ1v) is 2.41. The van der Waals surface area contributed by atoms with E-state index in [0.29, 0.717) is 13.2 Å². The maximum Gasteiger partial charge on any atom is 0.419 e. The van der Waals surface area contributed by atoms with Crippen LogP contribution in [0, 0.1) is 0 Å². The van der Waals surface area contributed by atoms with E-state index in [1.165, 1.54) is 0 Å². The van der Waals surface area contributed by atoms with E-state index in [1.54, 1.807) is 0 Å². The van der Waals surface area contributed by atoms with Gasteiger partial charge in [-0.05, 0) is 5.16 Å². The first-order chi connectivity index (χ1) is 3.89. The Morgan fingerprint density at radius 2 is 2.38 bits per heavy atom. The molecule has 4 heteroatoms. The number of hydrogen-bond acceptors (Lipinski definition) is 3. The fourth-order valence-electron chi connectivity index (χ4n) is 0.414. The molecule has 0 amide bonds. The molecule has 46 valence electrons. The molecule has 0 aromatic carbocycles. The predicted molar refractivity (Wildman–Crippen MR) is 26.6 cm³/mol. The molecule has 0 saturated carbocycles. The monoisotopic (exact) mass is 117 g/mol. The Labute approximate surface area is 46.7 Å². The van der Waals surface area contributed by atoms with Crippen molar-refractivity contribution in [3.05, 3.63) is 0 Å². The van der Waals surface area contributed by atoms with Crippen molar-refractivity contribution in [2.75, 3.05) is 13.2 Å². The molecule has 0 saturated heterocycles. The minimum absolute atomic E-state index is 0.373. The first kappa shape index (κ1) is 5.21. The molecule has 0 aliphatic carbocycles. The van der Waals surface area contributed by atoms with Gasteiger partial charge in [0.2, 0.25) is 0 Å². The Bertz CT molecular complexity index is 101. The van der Waals surface area contributed by atoms with E-state index < -0.39 is 0 Å². The highest BCUT2D eigenvalue weighted by molar-refractivity contribution is 5.63. The highest BCUT2D eigenvalue weighted by Gasteiger charge is 2.00. The first-order valence-electron chi connectivity index (χ1n) is 2.41. The molecule has 0 aromatic rings. The Kier molecular flexibility index (Phi) is 1.56. The molecule has 1 N–H and O–H groups in total. The number of aliphatic hydroxyl groups excluding tert-OH is 1. The van der Waals surface area contributed by atoms with Gasteiger partial charge in [-0.1, -0.05) is 0 Å². The second-order valence-corrected chi connectivity index (χ2v) is 1.41. The van der Waals surface area contributed by atoms with Crippen LogP contribution < -0.4 is 0 Å². The fourth-order valence-corrected chi connectivity index (χ4v) is 0.414. The van der Waals surface area contributed by atoms with Crippen LogP contribution in [0.3, 0.4) is 0 Å². The van der Waals surface area contributed by atoms with Crippen molar-refractivity contribution in [1.82, 2.24) is 0 Å². The van der Waals surface area contributed by atoms with E-state index in [9.17, 15) is 0 Å². The van der Waals surface area contributed by atoms with Crippen LogP contribution in [0.25, 0.3) is 0 Å². The smallest absolute Gasteiger partial charge is 0.419 e. The second kappa shape index (κ2) is 2.40. The third-order valence-electron chi connectivity index (χ3n) is 0.754. The average molecular weight is 117 g/mol. The number of rotatable bonds is 0. The van der Waals surface area contributed by atoms with Gasteiger partial charge in [0.15, 0.2) is 0 Å². The van der Waals surface area contributed by atoms with Crippen molar-refractivity contribution < 1.29 is 14.7 Å². The van der Waals surface area contributed by atoms with Gasteiger partial charge in [-0.25, -0.2) is 0 Å². The Morgan fingerprint density at radius 3 is 3.25 bits per heavy atom. The lowest BCUT2D eigenvalue weighted by atomic mass is 10.5. The predicted octanol–water partition coefficient (Wildman–Crippen LogP) is 0.252. The van der Waals surface area contributed by atoms with Crippen LogP contribution in [0.5, 0.6) is 0 Å². The molecule has 0 radical (unpaired) electrons. The lowest BCUT2D eigenvalue weighted by Gasteiger charge is -1.92. The molecular weight excluding hydrogens is 110 g/mol. The number of hydrogen-bond donors (Lipinski definition) is 1. The third-order valence-corrected chi connectivity index (χ3v) is 0.754. The van der Waals surface area contributed by atoms with Crippen LogP contribution in [0.2, 0.25) is 0 Å². The van der Waals surface area contributed by atoms with Gasteiger partial charge in [0.25, 0.3) is 0 Å². The molecular formula is C4H7NO3. The van der Waals surface area contributed by atoms with Crippen LogP contribution in [-0.4, -0.2) is 24.4 Å². The molecule has 1 aliphatic heterocycles. The summed E-state index contributed by atoms with van der Waals surface area (Å²) >= 11 is 0. The van der Waals surface area contributed by atoms with Crippen molar-refractivity contribution >= 4 is 6.08 Å². The molecule has 0 spiro atoms. The summed E-state index contributed by atoms with van der Waals surface area (Å²) in [6, 6.07) is 0. The van der Waals surface area contributed by atoms with Crippen molar-refractivity contribution in [2.45, 2.75) is 6.42 Å². The quantitative estimate of drug-likeness (QED) is 0.494. The highest BCUT2D eigenvalue weighted by atomic mass is 16.7. The molecule has 1 rings (SSSR count). The summed E-state index contributed by atoms with van der Waals surface area (Å²) in [5.74, 6) is 0. The summed E-state index contributed by atoms with van der Waals surface area (Å²) in [6.45, 7) is 0.999. The third kappa shape index (κ3) is 1.29. The zero-order valence-corrected chi connectivity index (χ0v) is 4.33. The van der Waals surface area contributed by atoms with Crippen LogP contribution in [0.1, 0.15) is 6.42 Å². The van der Waals surface area contributed by atoms with E-state index in [0.717, 1.165) is 6.42 Å². The number of nitrogens with zero attached hydrogens (tertiary/aromatic N) is 1. The van der Waals surface area contributed by atoms with Crippen molar-refractivity contribution in [3.63, 3.8) is 0 Å². The maximum atomic E-state index is 8.49. The SMILES string of the molecule is OC1=NOCCCO1. The molecule has 4 nitrogen and oxygen atoms in total. The molecule has 0 unspecified atom stereocenters. The summed E-state index contributed by atoms with van der Waals surface area (Å²) in [6.07, 6.45) is 0.399. The minimum Gasteiger partial charge on any atom is -0.464 e. The van der Waals surface area contributed by atoms with Gasteiger partial charge in [0.05, 0.1) is 6.61 Å². The molecule has 1 aliphatic rings. The van der Waals surface area contributed by atoms with Crippen molar-refractivity contribution in [2.24, 2.45) is 5.16 Å². The van der Waals surface area contributed by atoms with Gasteiger partial charge in [0, 0.05) is 6.42 Å². The second-order valence-electron chi connectivity index (χ2n) is 1.41. The fraction of sp³-hybridized carbons (Fsp3) is 0.750. The lowest BCUT2D eigenvalue weighted by molar-refractivity contribution is 0.143. The molecule has 0 bridgehead atoms. The zero-order chi connectivity index (χ0) is 5.82. The van der Waals surface area contributed by atoms with Gasteiger partial charge in [-0.3, -0.25) is 0 Å². The summed E-state index contributed by atoms with van der Waals surface area (Å²) < 4.78 is 4.58. The van der Waals surface area contributed by atoms with Crippen molar-refractivity contribution in [3.8, 4) is 0 Å². The highest BCUT2D eigenvalue weighted by Crippen LogP contribution is 1.92. The van der Waals surface area contributed by atoms with E-state index in [4.69, 9.17) is 5.11 Å². The summed E-state index contributed by atoms with van der Waals surface area (Å²) in [4.78, 5) is 4.52. The van der Waals surface area contributed by atoms with Gasteiger partial charge < -0.3 is 14.7 Å². The van der Waals surface area contributed by atoms with Gasteiger partial charge in [-0.2, -0.15) is 0 Å². The molecule has 0 aromatic heterocycles. The standard InChI is InChI=1S/C4H7NO3/c6-4-5-8-3-1-2-7-4/h1-3H2,(H,5,6). The van der Waals surface area contributed by atoms with E-state index >= 15 is 0 Å². The Hall–Kier alpha value is -0.930. The van der Waals surface area contributed by atoms with Gasteiger partial charge in [0.1, 0.15) is 6.61 Å².